The SMILES string of the molecule is CC1(C)c2cc(-c3ccc4c(c3)C3(c5ccccc5-c5ccccc53)c3ccc5ccccc5c3O4)ccc2-c2cc3ccccc3cc21. The van der Waals surface area contributed by atoms with E-state index in [9.17, 15) is 0 Å². The van der Waals surface area contributed by atoms with Gasteiger partial charge in [0.1, 0.15) is 11.5 Å². The third-order valence-corrected chi connectivity index (χ3v) is 11.7. The summed E-state index contributed by atoms with van der Waals surface area (Å²) in [5.74, 6) is 1.87. The Morgan fingerprint density at radius 1 is 0.388 bits per heavy atom. The zero-order chi connectivity index (χ0) is 32.5. The summed E-state index contributed by atoms with van der Waals surface area (Å²) in [6.07, 6.45) is 0. The molecule has 0 N–H and O–H groups in total. The molecule has 1 heteroatoms. The van der Waals surface area contributed by atoms with Crippen molar-refractivity contribution in [3.8, 4) is 44.9 Å². The van der Waals surface area contributed by atoms with Gasteiger partial charge in [-0.15, -0.1) is 0 Å². The monoisotopic (exact) mass is 624 g/mol. The molecule has 0 bridgehead atoms. The van der Waals surface area contributed by atoms with Gasteiger partial charge in [-0.25, -0.2) is 0 Å². The summed E-state index contributed by atoms with van der Waals surface area (Å²) in [5.41, 5.74) is 14.9. The molecule has 3 aliphatic rings. The van der Waals surface area contributed by atoms with Crippen molar-refractivity contribution in [1.29, 1.82) is 0 Å². The standard InChI is InChI=1S/C48H32O/c1-47(2)42-27-32(19-22-37(42)38-25-30-12-3-4-13-31(30)26-43(38)47)33-21-24-45-44(28-33)48(41-23-20-29-11-5-6-14-34(29)46(41)49-45)39-17-9-7-15-35(39)36-16-8-10-18-40(36)48/h3-28H,1-2H3. The first-order valence-electron chi connectivity index (χ1n) is 17.3. The summed E-state index contributed by atoms with van der Waals surface area (Å²) in [5, 5.41) is 4.92. The van der Waals surface area contributed by atoms with Crippen LogP contribution in [0.4, 0.5) is 0 Å². The fourth-order valence-corrected chi connectivity index (χ4v) is 9.41. The fraction of sp³-hybridized carbons (Fsp3) is 0.0833. The highest BCUT2D eigenvalue weighted by Crippen LogP contribution is 2.63. The molecule has 0 saturated carbocycles. The first-order valence-corrected chi connectivity index (χ1v) is 17.3. The molecule has 0 aromatic heterocycles. The average Bonchev–Trinajstić information content (AvgIpc) is 3.56. The summed E-state index contributed by atoms with van der Waals surface area (Å²) in [6.45, 7) is 4.75. The van der Waals surface area contributed by atoms with Crippen LogP contribution < -0.4 is 4.74 Å². The molecular formula is C48H32O. The van der Waals surface area contributed by atoms with Gasteiger partial charge in [0.25, 0.3) is 0 Å². The van der Waals surface area contributed by atoms with Gasteiger partial charge >= 0.3 is 0 Å². The van der Waals surface area contributed by atoms with Gasteiger partial charge in [0.05, 0.1) is 5.41 Å². The molecule has 1 spiro atoms. The van der Waals surface area contributed by atoms with Crippen molar-refractivity contribution < 1.29 is 4.74 Å². The van der Waals surface area contributed by atoms with Gasteiger partial charge in [0.15, 0.2) is 0 Å². The molecule has 0 saturated heterocycles. The van der Waals surface area contributed by atoms with Crippen LogP contribution in [0.1, 0.15) is 47.2 Å². The number of rotatable bonds is 1. The Kier molecular flexibility index (Phi) is 5.17. The lowest BCUT2D eigenvalue weighted by Crippen LogP contribution is -2.32. The van der Waals surface area contributed by atoms with E-state index in [1.54, 1.807) is 0 Å². The minimum Gasteiger partial charge on any atom is -0.456 e. The number of hydrogen-bond donors (Lipinski definition) is 0. The van der Waals surface area contributed by atoms with E-state index >= 15 is 0 Å². The highest BCUT2D eigenvalue weighted by molar-refractivity contribution is 5.97. The third kappa shape index (κ3) is 3.40. The highest BCUT2D eigenvalue weighted by atomic mass is 16.5. The second kappa shape index (κ2) is 9.36. The molecule has 1 nitrogen and oxygen atoms in total. The molecule has 1 heterocycles. The van der Waals surface area contributed by atoms with E-state index < -0.39 is 5.41 Å². The van der Waals surface area contributed by atoms with Crippen LogP contribution >= 0.6 is 0 Å². The molecule has 1 aliphatic heterocycles. The van der Waals surface area contributed by atoms with Crippen molar-refractivity contribution in [2.75, 3.05) is 0 Å². The van der Waals surface area contributed by atoms with Crippen LogP contribution in [0.25, 0.3) is 54.9 Å². The Labute approximate surface area is 286 Å². The Balaban J connectivity index is 1.16. The maximum absolute atomic E-state index is 6.99. The second-order valence-electron chi connectivity index (χ2n) is 14.4. The van der Waals surface area contributed by atoms with Gasteiger partial charge in [-0.1, -0.05) is 141 Å². The minimum atomic E-state index is -0.511. The normalized spacial score (nSPS) is 15.2. The lowest BCUT2D eigenvalue weighted by atomic mass is 9.65. The van der Waals surface area contributed by atoms with Crippen LogP contribution in [0.2, 0.25) is 0 Å². The van der Waals surface area contributed by atoms with E-state index in [4.69, 9.17) is 4.74 Å². The molecule has 0 amide bonds. The number of hydrogen-bond acceptors (Lipinski definition) is 1. The molecule has 8 aromatic rings. The predicted octanol–water partition coefficient (Wildman–Crippen LogP) is 12.4. The van der Waals surface area contributed by atoms with Gasteiger partial charge in [0, 0.05) is 21.9 Å². The van der Waals surface area contributed by atoms with Crippen LogP contribution in [-0.4, -0.2) is 0 Å². The van der Waals surface area contributed by atoms with Gasteiger partial charge in [-0.3, -0.25) is 0 Å². The van der Waals surface area contributed by atoms with Gasteiger partial charge in [-0.2, -0.15) is 0 Å². The first kappa shape index (κ1) is 27.1. The average molecular weight is 625 g/mol. The van der Waals surface area contributed by atoms with Crippen molar-refractivity contribution in [3.05, 3.63) is 191 Å². The molecule has 49 heavy (non-hydrogen) atoms. The molecule has 2 aliphatic carbocycles. The van der Waals surface area contributed by atoms with Gasteiger partial charge in [-0.05, 0) is 102 Å². The van der Waals surface area contributed by atoms with Crippen LogP contribution in [0.15, 0.2) is 158 Å². The van der Waals surface area contributed by atoms with Gasteiger partial charge in [0.2, 0.25) is 0 Å². The van der Waals surface area contributed by atoms with E-state index in [1.807, 2.05) is 0 Å². The van der Waals surface area contributed by atoms with E-state index in [2.05, 4.69) is 172 Å². The van der Waals surface area contributed by atoms with Crippen LogP contribution in [0.5, 0.6) is 11.5 Å². The summed E-state index contributed by atoms with van der Waals surface area (Å²) in [4.78, 5) is 0. The lowest BCUT2D eigenvalue weighted by Gasteiger charge is -2.40. The largest absolute Gasteiger partial charge is 0.456 e. The Morgan fingerprint density at radius 2 is 0.959 bits per heavy atom. The molecule has 11 rings (SSSR count). The molecule has 8 aromatic carbocycles. The summed E-state index contributed by atoms with van der Waals surface area (Å²) < 4.78 is 6.99. The van der Waals surface area contributed by atoms with Crippen LogP contribution in [0.3, 0.4) is 0 Å². The fourth-order valence-electron chi connectivity index (χ4n) is 9.41. The quantitative estimate of drug-likeness (QED) is 0.177. The molecular weight excluding hydrogens is 593 g/mol. The summed E-state index contributed by atoms with van der Waals surface area (Å²) in [7, 11) is 0. The van der Waals surface area contributed by atoms with E-state index in [1.165, 1.54) is 82.9 Å². The molecule has 230 valence electrons. The lowest BCUT2D eigenvalue weighted by molar-refractivity contribution is 0.442. The molecule has 0 atom stereocenters. The topological polar surface area (TPSA) is 9.23 Å². The minimum absolute atomic E-state index is 0.105. The van der Waals surface area contributed by atoms with E-state index in [0.29, 0.717) is 0 Å². The number of fused-ring (bicyclic) bond motifs is 15. The van der Waals surface area contributed by atoms with Gasteiger partial charge < -0.3 is 4.74 Å². The number of benzene rings is 8. The molecule has 0 radical (unpaired) electrons. The predicted molar refractivity (Wildman–Crippen MR) is 202 cm³/mol. The maximum atomic E-state index is 6.99. The van der Waals surface area contributed by atoms with Crippen molar-refractivity contribution in [1.82, 2.24) is 0 Å². The zero-order valence-corrected chi connectivity index (χ0v) is 27.4. The number of ether oxygens (including phenoxy) is 1. The zero-order valence-electron chi connectivity index (χ0n) is 27.4. The van der Waals surface area contributed by atoms with Crippen LogP contribution in [-0.2, 0) is 10.8 Å². The Morgan fingerprint density at radius 3 is 1.71 bits per heavy atom. The van der Waals surface area contributed by atoms with E-state index in [0.717, 1.165) is 16.9 Å². The molecule has 0 unspecified atom stereocenters. The smallest absolute Gasteiger partial charge is 0.140 e. The Bertz CT molecular complexity index is 2680. The van der Waals surface area contributed by atoms with Crippen molar-refractivity contribution >= 4 is 21.5 Å². The highest BCUT2D eigenvalue weighted by Gasteiger charge is 2.51. The summed E-state index contributed by atoms with van der Waals surface area (Å²) in [6, 6.07) is 58.6. The van der Waals surface area contributed by atoms with Crippen molar-refractivity contribution in [2.45, 2.75) is 24.7 Å². The summed E-state index contributed by atoms with van der Waals surface area (Å²) >= 11 is 0. The van der Waals surface area contributed by atoms with Crippen molar-refractivity contribution in [3.63, 3.8) is 0 Å². The van der Waals surface area contributed by atoms with Crippen LogP contribution in [0, 0.1) is 0 Å². The maximum Gasteiger partial charge on any atom is 0.140 e. The van der Waals surface area contributed by atoms with E-state index in [-0.39, 0.29) is 5.41 Å². The third-order valence-electron chi connectivity index (χ3n) is 11.7. The molecule has 0 fully saturated rings. The Hall–Kier alpha value is -5.92. The first-order chi connectivity index (χ1) is 24.0. The van der Waals surface area contributed by atoms with Crippen molar-refractivity contribution in [2.24, 2.45) is 0 Å². The second-order valence-corrected chi connectivity index (χ2v) is 14.4.